The van der Waals surface area contributed by atoms with Crippen LogP contribution in [-0.2, 0) is 4.79 Å². The zero-order valence-electron chi connectivity index (χ0n) is 10.7. The predicted octanol–water partition coefficient (Wildman–Crippen LogP) is 2.73. The molecule has 5 heteroatoms. The molecule has 1 aromatic rings. The van der Waals surface area contributed by atoms with Crippen LogP contribution in [0.1, 0.15) is 35.2 Å². The summed E-state index contributed by atoms with van der Waals surface area (Å²) in [5.74, 6) is -1.02. The van der Waals surface area contributed by atoms with Crippen LogP contribution < -0.4 is 0 Å². The Morgan fingerprint density at radius 2 is 2.11 bits per heavy atom. The fraction of sp³-hybridized carbons (Fsp3) is 0.429. The first kappa shape index (κ1) is 13.9. The normalized spacial score (nSPS) is 14.2. The van der Waals surface area contributed by atoms with Gasteiger partial charge in [-0.15, -0.1) is 0 Å². The Bertz CT molecular complexity index is 511. The number of amides is 1. The highest BCUT2D eigenvalue weighted by Gasteiger charge is 2.33. The number of carbonyl (C=O) groups excluding carboxylic acids is 1. The van der Waals surface area contributed by atoms with Gasteiger partial charge in [-0.1, -0.05) is 17.7 Å². The van der Waals surface area contributed by atoms with E-state index in [1.807, 2.05) is 6.92 Å². The van der Waals surface area contributed by atoms with Crippen molar-refractivity contribution in [3.63, 3.8) is 0 Å². The molecular formula is C14H16ClNO3. The lowest BCUT2D eigenvalue weighted by molar-refractivity contribution is -0.137. The largest absolute Gasteiger partial charge is 0.481 e. The lowest BCUT2D eigenvalue weighted by Gasteiger charge is -2.22. The molecule has 0 heterocycles. The highest BCUT2D eigenvalue weighted by atomic mass is 35.5. The van der Waals surface area contributed by atoms with Gasteiger partial charge in [0.1, 0.15) is 0 Å². The van der Waals surface area contributed by atoms with Gasteiger partial charge < -0.3 is 10.0 Å². The van der Waals surface area contributed by atoms with Crippen LogP contribution in [0.4, 0.5) is 0 Å². The summed E-state index contributed by atoms with van der Waals surface area (Å²) in [4.78, 5) is 24.7. The number of aryl methyl sites for hydroxylation is 1. The van der Waals surface area contributed by atoms with Gasteiger partial charge in [0, 0.05) is 23.2 Å². The maximum atomic E-state index is 12.4. The molecule has 1 aromatic carbocycles. The van der Waals surface area contributed by atoms with Gasteiger partial charge in [0.05, 0.1) is 6.42 Å². The number of hydrogen-bond donors (Lipinski definition) is 1. The van der Waals surface area contributed by atoms with Gasteiger partial charge in [-0.25, -0.2) is 0 Å². The molecule has 1 aliphatic carbocycles. The van der Waals surface area contributed by atoms with E-state index in [9.17, 15) is 9.59 Å². The second-order valence-corrected chi connectivity index (χ2v) is 5.24. The van der Waals surface area contributed by atoms with E-state index in [0.29, 0.717) is 10.6 Å². The van der Waals surface area contributed by atoms with Crippen LogP contribution in [-0.4, -0.2) is 34.5 Å². The Morgan fingerprint density at radius 1 is 1.42 bits per heavy atom. The zero-order chi connectivity index (χ0) is 14.0. The van der Waals surface area contributed by atoms with Crippen molar-refractivity contribution in [1.82, 2.24) is 4.90 Å². The molecule has 0 unspecified atom stereocenters. The Hall–Kier alpha value is -1.55. The summed E-state index contributed by atoms with van der Waals surface area (Å²) in [5, 5.41) is 9.29. The molecule has 0 radical (unpaired) electrons. The first-order chi connectivity index (χ1) is 8.99. The average Bonchev–Trinajstić information content (AvgIpc) is 3.16. The van der Waals surface area contributed by atoms with Crippen molar-refractivity contribution < 1.29 is 14.7 Å². The van der Waals surface area contributed by atoms with Crippen molar-refractivity contribution in [3.8, 4) is 0 Å². The molecule has 0 saturated heterocycles. The third-order valence-electron chi connectivity index (χ3n) is 3.23. The number of carboxylic acid groups (broad SMARTS) is 1. The molecule has 1 fully saturated rings. The minimum atomic E-state index is -0.889. The van der Waals surface area contributed by atoms with E-state index in [-0.39, 0.29) is 24.9 Å². The first-order valence-corrected chi connectivity index (χ1v) is 6.65. The van der Waals surface area contributed by atoms with Gasteiger partial charge in [0.2, 0.25) is 0 Å². The minimum Gasteiger partial charge on any atom is -0.481 e. The Balaban J connectivity index is 2.14. The van der Waals surface area contributed by atoms with E-state index >= 15 is 0 Å². The summed E-state index contributed by atoms with van der Waals surface area (Å²) in [6.45, 7) is 2.13. The quantitative estimate of drug-likeness (QED) is 0.903. The zero-order valence-corrected chi connectivity index (χ0v) is 11.5. The molecule has 1 N–H and O–H groups in total. The second-order valence-electron chi connectivity index (χ2n) is 4.84. The molecule has 0 aliphatic heterocycles. The summed E-state index contributed by atoms with van der Waals surface area (Å²) >= 11 is 6.02. The molecule has 1 amide bonds. The van der Waals surface area contributed by atoms with Crippen molar-refractivity contribution in [3.05, 3.63) is 34.3 Å². The molecule has 0 bridgehead atoms. The van der Waals surface area contributed by atoms with Gasteiger partial charge in [-0.3, -0.25) is 9.59 Å². The van der Waals surface area contributed by atoms with Crippen molar-refractivity contribution in [1.29, 1.82) is 0 Å². The number of rotatable bonds is 5. The lowest BCUT2D eigenvalue weighted by Crippen LogP contribution is -2.35. The second kappa shape index (κ2) is 5.61. The van der Waals surface area contributed by atoms with Crippen LogP contribution in [0.2, 0.25) is 5.02 Å². The van der Waals surface area contributed by atoms with E-state index in [1.165, 1.54) is 0 Å². The molecule has 4 nitrogen and oxygen atoms in total. The summed E-state index contributed by atoms with van der Waals surface area (Å²) < 4.78 is 0. The molecule has 0 aromatic heterocycles. The number of halogens is 1. The SMILES string of the molecule is Cc1ccc(C(=O)N(CCC(=O)O)C2CC2)cc1Cl. The third-order valence-corrected chi connectivity index (χ3v) is 3.64. The van der Waals surface area contributed by atoms with E-state index in [1.54, 1.807) is 23.1 Å². The fourth-order valence-electron chi connectivity index (χ4n) is 1.94. The van der Waals surface area contributed by atoms with Crippen molar-refractivity contribution in [2.45, 2.75) is 32.2 Å². The topological polar surface area (TPSA) is 57.6 Å². The Labute approximate surface area is 117 Å². The summed E-state index contributed by atoms with van der Waals surface area (Å²) in [7, 11) is 0. The number of nitrogens with zero attached hydrogens (tertiary/aromatic N) is 1. The van der Waals surface area contributed by atoms with Crippen LogP contribution in [0.15, 0.2) is 18.2 Å². The number of carboxylic acids is 1. The van der Waals surface area contributed by atoms with E-state index in [0.717, 1.165) is 18.4 Å². The van der Waals surface area contributed by atoms with Gasteiger partial charge in [-0.05, 0) is 37.5 Å². The van der Waals surface area contributed by atoms with Crippen molar-refractivity contribution in [2.75, 3.05) is 6.54 Å². The third kappa shape index (κ3) is 3.47. The van der Waals surface area contributed by atoms with Crippen LogP contribution in [0, 0.1) is 6.92 Å². The molecule has 0 atom stereocenters. The molecule has 102 valence electrons. The smallest absolute Gasteiger partial charge is 0.305 e. The van der Waals surface area contributed by atoms with Gasteiger partial charge in [-0.2, -0.15) is 0 Å². The van der Waals surface area contributed by atoms with Crippen molar-refractivity contribution >= 4 is 23.5 Å². The van der Waals surface area contributed by atoms with Crippen LogP contribution in [0.25, 0.3) is 0 Å². The summed E-state index contributed by atoms with van der Waals surface area (Å²) in [6.07, 6.45) is 1.87. The minimum absolute atomic E-state index is 0.0260. The average molecular weight is 282 g/mol. The van der Waals surface area contributed by atoms with Crippen molar-refractivity contribution in [2.24, 2.45) is 0 Å². The first-order valence-electron chi connectivity index (χ1n) is 6.28. The van der Waals surface area contributed by atoms with Crippen LogP contribution >= 0.6 is 11.6 Å². The molecule has 0 spiro atoms. The maximum Gasteiger partial charge on any atom is 0.305 e. The van der Waals surface area contributed by atoms with Gasteiger partial charge >= 0.3 is 5.97 Å². The standard InChI is InChI=1S/C14H16ClNO3/c1-9-2-3-10(8-12(9)15)14(19)16(11-4-5-11)7-6-13(17)18/h2-3,8,11H,4-7H2,1H3,(H,17,18). The predicted molar refractivity (Wildman–Crippen MR) is 72.5 cm³/mol. The van der Waals surface area contributed by atoms with Gasteiger partial charge in [0.15, 0.2) is 0 Å². The maximum absolute atomic E-state index is 12.4. The molecule has 1 saturated carbocycles. The van der Waals surface area contributed by atoms with E-state index < -0.39 is 5.97 Å². The molecular weight excluding hydrogens is 266 g/mol. The van der Waals surface area contributed by atoms with Crippen LogP contribution in [0.5, 0.6) is 0 Å². The van der Waals surface area contributed by atoms with E-state index in [4.69, 9.17) is 16.7 Å². The molecule has 1 aliphatic rings. The number of aliphatic carboxylic acids is 1. The highest BCUT2D eigenvalue weighted by Crippen LogP contribution is 2.29. The number of hydrogen-bond acceptors (Lipinski definition) is 2. The monoisotopic (exact) mass is 281 g/mol. The molecule has 19 heavy (non-hydrogen) atoms. The van der Waals surface area contributed by atoms with Crippen LogP contribution in [0.3, 0.4) is 0 Å². The Morgan fingerprint density at radius 3 is 2.63 bits per heavy atom. The number of benzene rings is 1. The number of carbonyl (C=O) groups is 2. The summed E-state index contributed by atoms with van der Waals surface area (Å²) in [6, 6.07) is 5.37. The van der Waals surface area contributed by atoms with E-state index in [2.05, 4.69) is 0 Å². The highest BCUT2D eigenvalue weighted by molar-refractivity contribution is 6.31. The fourth-order valence-corrected chi connectivity index (χ4v) is 2.12. The lowest BCUT2D eigenvalue weighted by atomic mass is 10.1. The Kier molecular flexibility index (Phi) is 4.10. The summed E-state index contributed by atoms with van der Waals surface area (Å²) in [5.41, 5.74) is 1.44. The van der Waals surface area contributed by atoms with Gasteiger partial charge in [0.25, 0.3) is 5.91 Å². The molecule has 2 rings (SSSR count).